The van der Waals surface area contributed by atoms with E-state index in [9.17, 15) is 14.9 Å². The molecule has 0 bridgehead atoms. The molecule has 1 aromatic carbocycles. The van der Waals surface area contributed by atoms with Crippen molar-refractivity contribution in [3.63, 3.8) is 0 Å². The van der Waals surface area contributed by atoms with Gasteiger partial charge in [-0.05, 0) is 0 Å². The Labute approximate surface area is 159 Å². The van der Waals surface area contributed by atoms with E-state index in [-0.39, 0.29) is 18.7 Å². The normalized spacial score (nSPS) is 11.4. The van der Waals surface area contributed by atoms with Crippen molar-refractivity contribution in [1.29, 1.82) is 0 Å². The van der Waals surface area contributed by atoms with Gasteiger partial charge in [0.1, 0.15) is 0 Å². The molecular weight excluding hydrogens is 643 g/mol. The fraction of sp³-hybridized carbons (Fsp3) is 0.562. The number of methoxy groups -OCH3 is 1. The molecule has 0 fully saturated rings. The van der Waals surface area contributed by atoms with Gasteiger partial charge in [0.2, 0.25) is 0 Å². The molecule has 12 heteroatoms. The summed E-state index contributed by atoms with van der Waals surface area (Å²) in [5.74, 6) is 0.363. The van der Waals surface area contributed by atoms with Gasteiger partial charge in [0, 0.05) is 21.3 Å². The molecule has 0 spiro atoms. The predicted octanol–water partition coefficient (Wildman–Crippen LogP) is 2.86. The first kappa shape index (κ1) is 23.0. The number of anilines is 1. The van der Waals surface area contributed by atoms with Gasteiger partial charge in [-0.3, -0.25) is 0 Å². The Morgan fingerprint density at radius 1 is 1.18 bits per heavy atom. The molecule has 0 unspecified atom stereocenters. The molecule has 1 amide bonds. The standard InChI is InChI=1S/C16H25N2O8Si.Rf/c1-22-16-9-13(15(18(20)21)10-14(16)17-12-19)11-26-7-5-6-8-27(23-2,24-3)25-4;/h9-10H,5-8,11H2,1-4H3,(H,17,19);. The third-order valence-corrected chi connectivity index (χ3v) is 7.72. The number of carbonyl (C=O) groups excluding carboxylic acids is 1. The SMILES string of the molecule is COc1cc(COCCCC[Si](OC)(OC)OC)c([N+](=O)[O-])cc1N[C](=O)[Rf]. The van der Waals surface area contributed by atoms with Crippen molar-refractivity contribution < 1.29 is 32.5 Å². The summed E-state index contributed by atoms with van der Waals surface area (Å²) in [5.41, 5.74) is 0.556. The van der Waals surface area contributed by atoms with E-state index in [1.807, 2.05) is 0 Å². The van der Waals surface area contributed by atoms with E-state index >= 15 is 0 Å². The second-order valence-corrected chi connectivity index (χ2v) is 11.8. The molecule has 0 saturated heterocycles. The van der Waals surface area contributed by atoms with Gasteiger partial charge in [-0.2, -0.15) is 0 Å². The molecule has 10 nitrogen and oxygen atoms in total. The first-order valence-electron chi connectivity index (χ1n) is 8.54. The third kappa shape index (κ3) is 6.28. The molecule has 0 aliphatic rings. The molecule has 0 saturated carbocycles. The Hall–Kier alpha value is -3.05. The van der Waals surface area contributed by atoms with Gasteiger partial charge >= 0.3 is 124 Å². The summed E-state index contributed by atoms with van der Waals surface area (Å²) in [4.78, 5) is 22.2. The van der Waals surface area contributed by atoms with E-state index in [0.29, 0.717) is 29.7 Å². The average molecular weight is 668 g/mol. The molecule has 0 aliphatic carbocycles. The molecular formula is C16H25N2O8RfSi. The number of nitro groups is 1. The van der Waals surface area contributed by atoms with Gasteiger partial charge in [-0.25, -0.2) is 0 Å². The number of hydrogen-bond donors (Lipinski definition) is 1. The summed E-state index contributed by atoms with van der Waals surface area (Å²) in [6.45, 7) is 0.483. The molecule has 1 N–H and O–H groups in total. The third-order valence-electron chi connectivity index (χ3n) is 4.08. The van der Waals surface area contributed by atoms with Crippen molar-refractivity contribution >= 4 is 26.6 Å². The molecule has 153 valence electrons. The van der Waals surface area contributed by atoms with Crippen LogP contribution in [-0.2, 0) is 24.6 Å². The fourth-order valence-corrected chi connectivity index (χ4v) is 5.25. The van der Waals surface area contributed by atoms with Gasteiger partial charge in [0.15, 0.2) is 0 Å². The molecule has 28 heavy (non-hydrogen) atoms. The molecule has 1 aromatic rings. The van der Waals surface area contributed by atoms with Crippen LogP contribution >= 0.6 is 0 Å². The minimum absolute atomic E-state index is 0.0631. The summed E-state index contributed by atoms with van der Waals surface area (Å²) in [5, 5.41) is 14.0. The quantitative estimate of drug-likeness (QED) is 0.148. The maximum atomic E-state index is 11.4. The number of benzene rings is 1. The number of nitrogens with one attached hydrogen (secondary N) is 1. The van der Waals surface area contributed by atoms with Crippen LogP contribution < -0.4 is 10.1 Å². The minimum atomic E-state index is -2.59. The summed E-state index contributed by atoms with van der Waals surface area (Å²) in [7, 11) is 3.55. The number of carbonyl (C=O) groups is 1. The second kappa shape index (κ2) is 10.9. The van der Waals surface area contributed by atoms with Crippen molar-refractivity contribution in [3.05, 3.63) is 27.8 Å². The molecule has 1 rings (SSSR count). The summed E-state index contributed by atoms with van der Waals surface area (Å²) in [6.07, 6.45) is 1.37. The van der Waals surface area contributed by atoms with Crippen LogP contribution in [0.15, 0.2) is 12.1 Å². The Balaban J connectivity index is 2.68. The van der Waals surface area contributed by atoms with Crippen LogP contribution in [0, 0.1) is 10.1 Å². The summed E-state index contributed by atoms with van der Waals surface area (Å²) < 4.78 is 26.7. The zero-order valence-electron chi connectivity index (χ0n) is 16.6. The van der Waals surface area contributed by atoms with Gasteiger partial charge in [-0.1, -0.05) is 0 Å². The van der Waals surface area contributed by atoms with Crippen LogP contribution in [0.5, 0.6) is 5.75 Å². The number of unbranched alkanes of at least 4 members (excludes halogenated alkanes) is 1. The van der Waals surface area contributed by atoms with Gasteiger partial charge in [0.05, 0.1) is 0 Å². The van der Waals surface area contributed by atoms with Crippen molar-refractivity contribution in [3.8, 4) is 5.75 Å². The Kier molecular flexibility index (Phi) is 8.98. The zero-order valence-corrected chi connectivity index (χ0v) is 24.0. The van der Waals surface area contributed by atoms with E-state index in [2.05, 4.69) is 5.32 Å². The monoisotopic (exact) mass is 668 g/mol. The number of hydrogen-bond acceptors (Lipinski definition) is 8. The van der Waals surface area contributed by atoms with Gasteiger partial charge in [-0.15, -0.1) is 0 Å². The molecule has 0 aliphatic heterocycles. The van der Waals surface area contributed by atoms with E-state index < -0.39 is 13.7 Å². The predicted molar refractivity (Wildman–Crippen MR) is 99.1 cm³/mol. The van der Waals surface area contributed by atoms with Gasteiger partial charge < -0.3 is 13.3 Å². The van der Waals surface area contributed by atoms with Crippen molar-refractivity contribution in [2.45, 2.75) is 25.5 Å². The molecule has 0 atom stereocenters. The van der Waals surface area contributed by atoms with E-state index in [1.54, 1.807) is 21.3 Å². The average Bonchev–Trinajstić information content (AvgIpc) is 2.68. The second-order valence-electron chi connectivity index (χ2n) is 5.79. The zero-order chi connectivity index (χ0) is 21.2. The van der Waals surface area contributed by atoms with Crippen LogP contribution in [0.25, 0.3) is 0 Å². The number of rotatable bonds is 13. The van der Waals surface area contributed by atoms with Crippen LogP contribution in [0.1, 0.15) is 18.4 Å². The fourth-order valence-electron chi connectivity index (χ4n) is 2.60. The molecule has 0 heterocycles. The summed E-state index contributed by atoms with van der Waals surface area (Å²) in [6, 6.07) is 3.49. The van der Waals surface area contributed by atoms with Gasteiger partial charge in [0.25, 0.3) is 0 Å². The van der Waals surface area contributed by atoms with Crippen molar-refractivity contribution in [1.82, 2.24) is 0 Å². The van der Waals surface area contributed by atoms with E-state index in [0.717, 1.165) is 12.8 Å². The number of ether oxygens (including phenoxy) is 2. The molecule has 0 aromatic heterocycles. The Morgan fingerprint density at radius 2 is 1.82 bits per heavy atom. The van der Waals surface area contributed by atoms with Crippen LogP contribution in [0.4, 0.5) is 16.2 Å². The van der Waals surface area contributed by atoms with Crippen molar-refractivity contribution in [2.24, 2.45) is 0 Å². The number of nitrogens with zero attached hydrogens (tertiary/aromatic N) is 1. The number of amides is 1. The topological polar surface area (TPSA) is 118 Å². The summed E-state index contributed by atoms with van der Waals surface area (Å²) >= 11 is 0. The Bertz CT molecular complexity index is 664. The van der Waals surface area contributed by atoms with Crippen LogP contribution in [0.2, 0.25) is 6.04 Å². The van der Waals surface area contributed by atoms with Crippen LogP contribution in [0.3, 0.4) is 0 Å². The Morgan fingerprint density at radius 3 is 2.32 bits per heavy atom. The van der Waals surface area contributed by atoms with E-state index in [4.69, 9.17) is 22.8 Å². The maximum absolute atomic E-state index is 11.4. The van der Waals surface area contributed by atoms with E-state index in [1.165, 1.54) is 19.2 Å². The van der Waals surface area contributed by atoms with Crippen molar-refractivity contribution in [2.75, 3.05) is 40.4 Å². The first-order chi connectivity index (χ1) is 13.3. The molecule has 0 radical (unpaired) electrons. The number of nitro benzene ring substituents is 1. The first-order valence-corrected chi connectivity index (χ1v) is 13.7. The van der Waals surface area contributed by atoms with Crippen LogP contribution in [-0.4, -0.2) is 55.2 Å².